The van der Waals surface area contributed by atoms with Crippen LogP contribution in [0.5, 0.6) is 0 Å². The summed E-state index contributed by atoms with van der Waals surface area (Å²) in [6.07, 6.45) is -2.21. The van der Waals surface area contributed by atoms with Crippen LogP contribution >= 0.6 is 0 Å². The molecule has 0 amide bonds. The highest BCUT2D eigenvalue weighted by molar-refractivity contribution is 5.81. The molecule has 19 heavy (non-hydrogen) atoms. The van der Waals surface area contributed by atoms with E-state index in [0.29, 0.717) is 12.8 Å². The van der Waals surface area contributed by atoms with Gasteiger partial charge in [0, 0.05) is 6.54 Å². The predicted octanol–water partition coefficient (Wildman–Crippen LogP) is 2.82. The number of ether oxygens (including phenoxy) is 1. The van der Waals surface area contributed by atoms with Crippen LogP contribution < -0.4 is 5.32 Å². The molecular formula is C13H20F3NO2. The maximum absolute atomic E-state index is 12.9. The summed E-state index contributed by atoms with van der Waals surface area (Å²) in [7, 11) is 0. The van der Waals surface area contributed by atoms with Crippen LogP contribution in [0.1, 0.15) is 32.6 Å². The van der Waals surface area contributed by atoms with E-state index in [1.807, 2.05) is 0 Å². The Bertz CT molecular complexity index is 330. The first-order valence-corrected chi connectivity index (χ1v) is 6.45. The molecule has 1 aliphatic carbocycles. The molecule has 110 valence electrons. The van der Waals surface area contributed by atoms with E-state index in [1.54, 1.807) is 6.92 Å². The number of carbonyl (C=O) groups excluding carboxylic acids is 1. The van der Waals surface area contributed by atoms with Crippen LogP contribution in [-0.4, -0.2) is 30.8 Å². The second-order valence-electron chi connectivity index (χ2n) is 4.81. The Morgan fingerprint density at radius 3 is 2.79 bits per heavy atom. The van der Waals surface area contributed by atoms with Crippen molar-refractivity contribution in [2.75, 3.05) is 13.2 Å². The van der Waals surface area contributed by atoms with Crippen molar-refractivity contribution in [1.82, 2.24) is 5.32 Å². The zero-order valence-electron chi connectivity index (χ0n) is 11.1. The van der Waals surface area contributed by atoms with Crippen molar-refractivity contribution in [1.29, 1.82) is 0 Å². The molecule has 6 heteroatoms. The highest BCUT2D eigenvalue weighted by atomic mass is 19.4. The number of rotatable bonds is 5. The number of esters is 1. The van der Waals surface area contributed by atoms with Crippen LogP contribution in [0.3, 0.4) is 0 Å². The molecule has 2 unspecified atom stereocenters. The van der Waals surface area contributed by atoms with Crippen LogP contribution in [0, 0.1) is 5.92 Å². The average Bonchev–Trinajstić information content (AvgIpc) is 2.36. The fraction of sp³-hybridized carbons (Fsp3) is 0.769. The second-order valence-corrected chi connectivity index (χ2v) is 4.81. The zero-order valence-corrected chi connectivity index (χ0v) is 11.1. The van der Waals surface area contributed by atoms with E-state index >= 15 is 0 Å². The largest absolute Gasteiger partial charge is 0.465 e. The average molecular weight is 279 g/mol. The summed E-state index contributed by atoms with van der Waals surface area (Å²) >= 11 is 0. The first-order valence-electron chi connectivity index (χ1n) is 6.45. The quantitative estimate of drug-likeness (QED) is 0.621. The fourth-order valence-corrected chi connectivity index (χ4v) is 2.51. The van der Waals surface area contributed by atoms with Crippen LogP contribution in [-0.2, 0) is 9.53 Å². The van der Waals surface area contributed by atoms with E-state index in [-0.39, 0.29) is 26.0 Å². The Kier molecular flexibility index (Phi) is 5.40. The third-order valence-corrected chi connectivity index (χ3v) is 3.46. The molecule has 0 radical (unpaired) electrons. The lowest BCUT2D eigenvalue weighted by molar-refractivity contribution is -0.192. The van der Waals surface area contributed by atoms with E-state index in [9.17, 15) is 18.0 Å². The van der Waals surface area contributed by atoms with Gasteiger partial charge >= 0.3 is 12.1 Å². The molecule has 1 N–H and O–H groups in total. The first-order chi connectivity index (χ1) is 8.85. The summed E-state index contributed by atoms with van der Waals surface area (Å²) in [5.74, 6) is -2.05. The SMILES string of the molecule is C=CCNC1(C(=O)OCC)CCCC(C(F)(F)F)C1. The molecule has 0 saturated heterocycles. The molecule has 1 rings (SSSR count). The summed E-state index contributed by atoms with van der Waals surface area (Å²) in [6.45, 7) is 5.60. The maximum atomic E-state index is 12.9. The highest BCUT2D eigenvalue weighted by Gasteiger charge is 2.51. The van der Waals surface area contributed by atoms with Crippen molar-refractivity contribution in [3.63, 3.8) is 0 Å². The van der Waals surface area contributed by atoms with Crippen LogP contribution in [0.4, 0.5) is 13.2 Å². The lowest BCUT2D eigenvalue weighted by atomic mass is 9.75. The summed E-state index contributed by atoms with van der Waals surface area (Å²) in [4.78, 5) is 12.0. The van der Waals surface area contributed by atoms with Gasteiger partial charge in [-0.1, -0.05) is 12.5 Å². The summed E-state index contributed by atoms with van der Waals surface area (Å²) in [6, 6.07) is 0. The van der Waals surface area contributed by atoms with E-state index < -0.39 is 23.6 Å². The summed E-state index contributed by atoms with van der Waals surface area (Å²) in [5, 5.41) is 2.88. The maximum Gasteiger partial charge on any atom is 0.391 e. The predicted molar refractivity (Wildman–Crippen MR) is 65.6 cm³/mol. The number of carbonyl (C=O) groups is 1. The number of halogens is 3. The summed E-state index contributed by atoms with van der Waals surface area (Å²) < 4.78 is 43.5. The minimum atomic E-state index is -4.27. The number of hydrogen-bond acceptors (Lipinski definition) is 3. The Hall–Kier alpha value is -1.04. The third-order valence-electron chi connectivity index (χ3n) is 3.46. The monoisotopic (exact) mass is 279 g/mol. The van der Waals surface area contributed by atoms with Gasteiger partial charge in [-0.3, -0.25) is 10.1 Å². The Morgan fingerprint density at radius 2 is 2.26 bits per heavy atom. The molecule has 0 bridgehead atoms. The molecule has 2 atom stereocenters. The fourth-order valence-electron chi connectivity index (χ4n) is 2.51. The molecule has 0 aliphatic heterocycles. The van der Waals surface area contributed by atoms with E-state index in [2.05, 4.69) is 11.9 Å². The van der Waals surface area contributed by atoms with Gasteiger partial charge < -0.3 is 4.74 Å². The second kappa shape index (κ2) is 6.41. The van der Waals surface area contributed by atoms with Gasteiger partial charge in [-0.2, -0.15) is 13.2 Å². The highest BCUT2D eigenvalue weighted by Crippen LogP contribution is 2.42. The standard InChI is InChI=1S/C13H20F3NO2/c1-3-8-17-12(11(18)19-4-2)7-5-6-10(9-12)13(14,15)16/h3,10,17H,1,4-9H2,2H3. The van der Waals surface area contributed by atoms with E-state index in [4.69, 9.17) is 4.74 Å². The van der Waals surface area contributed by atoms with Gasteiger partial charge in [-0.15, -0.1) is 6.58 Å². The van der Waals surface area contributed by atoms with E-state index in [1.165, 1.54) is 6.08 Å². The van der Waals surface area contributed by atoms with Crippen molar-refractivity contribution in [2.45, 2.75) is 44.3 Å². The van der Waals surface area contributed by atoms with E-state index in [0.717, 1.165) is 0 Å². The molecule has 0 aromatic heterocycles. The topological polar surface area (TPSA) is 38.3 Å². The lowest BCUT2D eigenvalue weighted by Gasteiger charge is -2.39. The van der Waals surface area contributed by atoms with Gasteiger partial charge in [0.1, 0.15) is 5.54 Å². The van der Waals surface area contributed by atoms with Crippen molar-refractivity contribution < 1.29 is 22.7 Å². The Balaban J connectivity index is 2.89. The third kappa shape index (κ3) is 3.96. The van der Waals surface area contributed by atoms with Crippen LogP contribution in [0.2, 0.25) is 0 Å². The number of alkyl halides is 3. The van der Waals surface area contributed by atoms with Gasteiger partial charge in [0.25, 0.3) is 0 Å². The number of hydrogen-bond donors (Lipinski definition) is 1. The lowest BCUT2D eigenvalue weighted by Crippen LogP contribution is -2.57. The van der Waals surface area contributed by atoms with Gasteiger partial charge in [0.2, 0.25) is 0 Å². The van der Waals surface area contributed by atoms with Crippen molar-refractivity contribution in [3.8, 4) is 0 Å². The molecule has 0 spiro atoms. The van der Waals surface area contributed by atoms with Gasteiger partial charge in [-0.05, 0) is 26.2 Å². The summed E-state index contributed by atoms with van der Waals surface area (Å²) in [5.41, 5.74) is -1.23. The van der Waals surface area contributed by atoms with Crippen molar-refractivity contribution >= 4 is 5.97 Å². The minimum Gasteiger partial charge on any atom is -0.465 e. The molecular weight excluding hydrogens is 259 g/mol. The van der Waals surface area contributed by atoms with Crippen LogP contribution in [0.15, 0.2) is 12.7 Å². The Morgan fingerprint density at radius 1 is 1.58 bits per heavy atom. The van der Waals surface area contributed by atoms with Gasteiger partial charge in [0.15, 0.2) is 0 Å². The van der Waals surface area contributed by atoms with Crippen LogP contribution in [0.25, 0.3) is 0 Å². The normalized spacial score (nSPS) is 27.9. The molecule has 0 aromatic carbocycles. The van der Waals surface area contributed by atoms with Crippen molar-refractivity contribution in [3.05, 3.63) is 12.7 Å². The van der Waals surface area contributed by atoms with Gasteiger partial charge in [0.05, 0.1) is 12.5 Å². The molecule has 0 heterocycles. The first kappa shape index (κ1) is 16.0. The molecule has 0 aromatic rings. The van der Waals surface area contributed by atoms with Gasteiger partial charge in [-0.25, -0.2) is 0 Å². The smallest absolute Gasteiger partial charge is 0.391 e. The van der Waals surface area contributed by atoms with Crippen molar-refractivity contribution in [2.24, 2.45) is 5.92 Å². The zero-order chi connectivity index (χ0) is 14.5. The number of nitrogens with one attached hydrogen (secondary N) is 1. The molecule has 1 aliphatic rings. The molecule has 1 fully saturated rings. The molecule has 1 saturated carbocycles. The minimum absolute atomic E-state index is 0.0699. The Labute approximate surface area is 111 Å². The molecule has 3 nitrogen and oxygen atoms in total.